The van der Waals surface area contributed by atoms with Crippen LogP contribution in [0.3, 0.4) is 0 Å². The first-order valence-corrected chi connectivity index (χ1v) is 12.5. The van der Waals surface area contributed by atoms with Gasteiger partial charge in [0, 0.05) is 54.8 Å². The molecule has 0 radical (unpaired) electrons. The zero-order valence-corrected chi connectivity index (χ0v) is 20.2. The molecule has 4 N–H and O–H groups in total. The Morgan fingerprint density at radius 3 is 2.64 bits per heavy atom. The summed E-state index contributed by atoms with van der Waals surface area (Å²) in [6.07, 6.45) is 5.20. The van der Waals surface area contributed by atoms with Gasteiger partial charge in [-0.05, 0) is 49.7 Å². The third-order valence-electron chi connectivity index (χ3n) is 6.97. The summed E-state index contributed by atoms with van der Waals surface area (Å²) < 4.78 is 35.6. The van der Waals surface area contributed by atoms with Crippen molar-refractivity contribution in [1.82, 2.24) is 15.5 Å². The summed E-state index contributed by atoms with van der Waals surface area (Å²) in [6.45, 7) is 5.10. The van der Waals surface area contributed by atoms with Crippen molar-refractivity contribution in [2.24, 2.45) is 4.99 Å². The zero-order valence-electron chi connectivity index (χ0n) is 20.2. The molecular formula is C27H32F2N6O. The molecule has 36 heavy (non-hydrogen) atoms. The lowest BCUT2D eigenvalue weighted by Crippen LogP contribution is -2.38. The van der Waals surface area contributed by atoms with Crippen molar-refractivity contribution >= 4 is 23.3 Å². The van der Waals surface area contributed by atoms with Crippen LogP contribution in [0.5, 0.6) is 0 Å². The van der Waals surface area contributed by atoms with E-state index in [0.29, 0.717) is 67.0 Å². The van der Waals surface area contributed by atoms with Crippen molar-refractivity contribution in [3.8, 4) is 11.1 Å². The lowest BCUT2D eigenvalue weighted by Gasteiger charge is -2.27. The minimum absolute atomic E-state index is 0.0748. The number of nitrogens with zero attached hydrogens (tertiary/aromatic N) is 2. The van der Waals surface area contributed by atoms with E-state index in [1.165, 1.54) is 18.3 Å². The molecule has 2 fully saturated rings. The Hall–Kier alpha value is -3.14. The fraction of sp³-hybridized carbons (Fsp3) is 0.407. The van der Waals surface area contributed by atoms with Gasteiger partial charge in [-0.25, -0.2) is 13.8 Å². The monoisotopic (exact) mass is 494 g/mol. The van der Waals surface area contributed by atoms with E-state index < -0.39 is 11.6 Å². The summed E-state index contributed by atoms with van der Waals surface area (Å²) >= 11 is 0. The number of nitrogens with one attached hydrogen (secondary N) is 4. The van der Waals surface area contributed by atoms with Gasteiger partial charge in [-0.15, -0.1) is 0 Å². The van der Waals surface area contributed by atoms with E-state index >= 15 is 8.78 Å². The Kier molecular flexibility index (Phi) is 7.69. The fourth-order valence-corrected chi connectivity index (χ4v) is 4.86. The van der Waals surface area contributed by atoms with Crippen LogP contribution in [0.25, 0.3) is 11.1 Å². The Bertz CT molecular complexity index is 1150. The van der Waals surface area contributed by atoms with Crippen LogP contribution in [0, 0.1) is 17.0 Å². The van der Waals surface area contributed by atoms with E-state index in [9.17, 15) is 0 Å². The number of ether oxygens (including phenoxy) is 1. The minimum Gasteiger partial charge on any atom is -0.387 e. The van der Waals surface area contributed by atoms with E-state index in [4.69, 9.17) is 15.1 Å². The van der Waals surface area contributed by atoms with Crippen molar-refractivity contribution in [2.75, 3.05) is 51.3 Å². The number of hydrogen-bond donors (Lipinski definition) is 4. The summed E-state index contributed by atoms with van der Waals surface area (Å²) in [4.78, 5) is 6.85. The minimum atomic E-state index is -0.562. The highest BCUT2D eigenvalue weighted by atomic mass is 19.1. The highest BCUT2D eigenvalue weighted by molar-refractivity contribution is 6.19. The normalized spacial score (nSPS) is 19.3. The van der Waals surface area contributed by atoms with Crippen molar-refractivity contribution in [1.29, 1.82) is 5.41 Å². The van der Waals surface area contributed by atoms with Crippen LogP contribution in [-0.4, -0.2) is 68.8 Å². The van der Waals surface area contributed by atoms with Gasteiger partial charge in [-0.2, -0.15) is 0 Å². The van der Waals surface area contributed by atoms with Gasteiger partial charge in [0.15, 0.2) is 0 Å². The predicted octanol–water partition coefficient (Wildman–Crippen LogP) is 3.84. The SMILES string of the molecule is N=C/C(=C\NC1CCNCC1)C1=Nc2c(cccc2-c2cc(F)c(CN3CCOCC3)c(F)c2)NC1. The first-order valence-electron chi connectivity index (χ1n) is 12.5. The molecule has 9 heteroatoms. The number of hydrogen-bond acceptors (Lipinski definition) is 7. The molecule has 2 aromatic rings. The Morgan fingerprint density at radius 1 is 1.17 bits per heavy atom. The summed E-state index contributed by atoms with van der Waals surface area (Å²) in [5.74, 6) is -1.12. The van der Waals surface area contributed by atoms with Crippen LogP contribution in [0.15, 0.2) is 47.1 Å². The van der Waals surface area contributed by atoms with Crippen LogP contribution in [0.4, 0.5) is 20.2 Å². The number of rotatable bonds is 7. The second-order valence-corrected chi connectivity index (χ2v) is 9.36. The molecule has 7 nitrogen and oxygen atoms in total. The number of piperidine rings is 1. The smallest absolute Gasteiger partial charge is 0.131 e. The fourth-order valence-electron chi connectivity index (χ4n) is 4.86. The number of para-hydroxylation sites is 1. The van der Waals surface area contributed by atoms with Gasteiger partial charge >= 0.3 is 0 Å². The van der Waals surface area contributed by atoms with Gasteiger partial charge < -0.3 is 26.1 Å². The zero-order chi connectivity index (χ0) is 24.9. The molecule has 3 aliphatic heterocycles. The van der Waals surface area contributed by atoms with Crippen LogP contribution < -0.4 is 16.0 Å². The van der Waals surface area contributed by atoms with Gasteiger partial charge in [0.2, 0.25) is 0 Å². The molecule has 3 aliphatic rings. The molecular weight excluding hydrogens is 462 g/mol. The van der Waals surface area contributed by atoms with Crippen LogP contribution in [-0.2, 0) is 11.3 Å². The van der Waals surface area contributed by atoms with Crippen LogP contribution in [0.1, 0.15) is 18.4 Å². The second-order valence-electron chi connectivity index (χ2n) is 9.36. The number of morpholine rings is 1. The summed E-state index contributed by atoms with van der Waals surface area (Å²) in [5.41, 5.74) is 3.95. The summed E-state index contributed by atoms with van der Waals surface area (Å²) in [5, 5.41) is 18.1. The van der Waals surface area contributed by atoms with Gasteiger partial charge in [0.1, 0.15) is 11.6 Å². The van der Waals surface area contributed by atoms with Crippen molar-refractivity contribution in [3.05, 3.63) is 59.3 Å². The maximum absolute atomic E-state index is 15.1. The maximum Gasteiger partial charge on any atom is 0.131 e. The number of anilines is 1. The molecule has 0 spiro atoms. The molecule has 2 aromatic carbocycles. The Balaban J connectivity index is 1.42. The van der Waals surface area contributed by atoms with Gasteiger partial charge in [0.25, 0.3) is 0 Å². The first kappa shape index (κ1) is 24.5. The van der Waals surface area contributed by atoms with E-state index in [0.717, 1.165) is 31.6 Å². The van der Waals surface area contributed by atoms with Crippen LogP contribution in [0.2, 0.25) is 0 Å². The van der Waals surface area contributed by atoms with Crippen LogP contribution >= 0.6 is 0 Å². The van der Waals surface area contributed by atoms with Crippen molar-refractivity contribution in [2.45, 2.75) is 25.4 Å². The molecule has 0 aliphatic carbocycles. The topological polar surface area (TPSA) is 84.8 Å². The molecule has 0 bridgehead atoms. The second kappa shape index (κ2) is 11.3. The molecule has 2 saturated heterocycles. The largest absolute Gasteiger partial charge is 0.387 e. The molecule has 0 saturated carbocycles. The van der Waals surface area contributed by atoms with E-state index in [1.807, 2.05) is 29.3 Å². The average Bonchev–Trinajstić information content (AvgIpc) is 2.92. The Morgan fingerprint density at radius 2 is 1.92 bits per heavy atom. The van der Waals surface area contributed by atoms with Gasteiger partial charge in [-0.3, -0.25) is 4.90 Å². The predicted molar refractivity (Wildman–Crippen MR) is 139 cm³/mol. The van der Waals surface area contributed by atoms with Gasteiger partial charge in [-0.1, -0.05) is 12.1 Å². The highest BCUT2D eigenvalue weighted by Crippen LogP contribution is 2.40. The molecule has 0 amide bonds. The van der Waals surface area contributed by atoms with E-state index in [1.54, 1.807) is 0 Å². The average molecular weight is 495 g/mol. The molecule has 5 rings (SSSR count). The lowest BCUT2D eigenvalue weighted by molar-refractivity contribution is 0.0332. The third-order valence-corrected chi connectivity index (χ3v) is 6.97. The van der Waals surface area contributed by atoms with E-state index in [2.05, 4.69) is 16.0 Å². The number of aliphatic imine (C=N–C) groups is 1. The molecule has 0 aromatic heterocycles. The summed E-state index contributed by atoms with van der Waals surface area (Å²) in [6, 6.07) is 8.73. The summed E-state index contributed by atoms with van der Waals surface area (Å²) in [7, 11) is 0. The number of halogens is 2. The number of benzene rings is 2. The van der Waals surface area contributed by atoms with Crippen molar-refractivity contribution < 1.29 is 13.5 Å². The molecule has 3 heterocycles. The van der Waals surface area contributed by atoms with Gasteiger partial charge in [0.05, 0.1) is 36.8 Å². The number of fused-ring (bicyclic) bond motifs is 1. The van der Waals surface area contributed by atoms with Crippen molar-refractivity contribution in [3.63, 3.8) is 0 Å². The first-order chi connectivity index (χ1) is 17.6. The van der Waals surface area contributed by atoms with E-state index in [-0.39, 0.29) is 12.1 Å². The highest BCUT2D eigenvalue weighted by Gasteiger charge is 2.22. The Labute approximate surface area is 210 Å². The molecule has 0 unspecified atom stereocenters. The molecule has 190 valence electrons. The molecule has 0 atom stereocenters. The standard InChI is InChI=1S/C27H32F2N6O/c28-23-12-18(13-24(29)22(23)17-35-8-10-36-11-9-35)21-2-1-3-25-27(21)34-26(16-33-25)19(14-30)15-32-20-4-6-31-7-5-20/h1-3,12-15,20,30-33H,4-11,16-17H2/b19-15+,30-14?. The quantitative estimate of drug-likeness (QED) is 0.440. The maximum atomic E-state index is 15.1. The lowest BCUT2D eigenvalue weighted by atomic mass is 9.98. The third kappa shape index (κ3) is 5.48.